The number of benzene rings is 4. The van der Waals surface area contributed by atoms with Gasteiger partial charge < -0.3 is 34.2 Å². The topological polar surface area (TPSA) is 196 Å². The Hall–Kier alpha value is -6.33. The Morgan fingerprint density at radius 1 is 0.563 bits per heavy atom. The van der Waals surface area contributed by atoms with Crippen LogP contribution in [0.5, 0.6) is 23.5 Å². The van der Waals surface area contributed by atoms with E-state index in [0.717, 1.165) is 33.1 Å². The molecule has 2 aromatic heterocycles. The lowest BCUT2D eigenvalue weighted by Gasteiger charge is -2.28. The highest BCUT2D eigenvalue weighted by molar-refractivity contribution is 6.33. The lowest BCUT2D eigenvalue weighted by Crippen LogP contribution is -2.43. The van der Waals surface area contributed by atoms with Gasteiger partial charge in [0.25, 0.3) is 0 Å². The maximum atomic E-state index is 13.0. The molecule has 0 aliphatic heterocycles. The van der Waals surface area contributed by atoms with Crippen molar-refractivity contribution in [2.45, 2.75) is 93.5 Å². The number of imide groups is 1. The molecule has 0 aliphatic carbocycles. The molecule has 0 spiro atoms. The monoisotopic (exact) mass is 1030 g/mol. The van der Waals surface area contributed by atoms with E-state index >= 15 is 0 Å². The third-order valence-corrected chi connectivity index (χ3v) is 9.99. The molecule has 0 aliphatic rings. The van der Waals surface area contributed by atoms with Crippen LogP contribution in [0.4, 0.5) is 9.59 Å². The number of halogens is 3. The van der Waals surface area contributed by atoms with E-state index in [4.69, 9.17) is 57.4 Å². The average molecular weight is 1030 g/mol. The van der Waals surface area contributed by atoms with Gasteiger partial charge in [0.05, 0.1) is 44.0 Å². The van der Waals surface area contributed by atoms with Crippen molar-refractivity contribution < 1.29 is 38.0 Å². The summed E-state index contributed by atoms with van der Waals surface area (Å²) < 4.78 is 33.1. The molecule has 71 heavy (non-hydrogen) atoms. The molecule has 19 heteroatoms. The largest absolute Gasteiger partial charge is 0.493 e. The van der Waals surface area contributed by atoms with Gasteiger partial charge in [-0.05, 0) is 137 Å². The Kier molecular flexibility index (Phi) is 20.7. The molecule has 0 atom stereocenters. The third-order valence-electron chi connectivity index (χ3n) is 9.33. The minimum Gasteiger partial charge on any atom is -0.493 e. The first kappa shape index (κ1) is 57.3. The average Bonchev–Trinajstić information content (AvgIpc) is 3.31. The number of nitrogens with two attached hydrogens (primary N) is 1. The van der Waals surface area contributed by atoms with E-state index in [0.29, 0.717) is 75.8 Å². The Labute approximate surface area is 432 Å². The second-order valence-corrected chi connectivity index (χ2v) is 19.6. The zero-order chi connectivity index (χ0) is 51.3. The molecule has 0 saturated carbocycles. The molecule has 380 valence electrons. The summed E-state index contributed by atoms with van der Waals surface area (Å²) in [5.74, 6) is 3.96. The molecular weight excluding hydrogens is 971 g/mol. The summed E-state index contributed by atoms with van der Waals surface area (Å²) in [4.78, 5) is 53.7. The highest BCUT2D eigenvalue weighted by atomic mass is 35.5. The van der Waals surface area contributed by atoms with Gasteiger partial charge >= 0.3 is 24.2 Å². The summed E-state index contributed by atoms with van der Waals surface area (Å²) in [7, 11) is 2.98. The number of methoxy groups -OCH3 is 2. The number of nitrogens with zero attached hydrogens (tertiary/aromatic N) is 7. The van der Waals surface area contributed by atoms with E-state index in [1.165, 1.54) is 14.2 Å². The molecule has 6 aromatic rings. The highest BCUT2D eigenvalue weighted by Gasteiger charge is 2.32. The Bertz CT molecular complexity index is 2690. The zero-order valence-electron chi connectivity index (χ0n) is 42.2. The van der Waals surface area contributed by atoms with Crippen LogP contribution in [0.2, 0.25) is 10.0 Å². The molecule has 0 unspecified atom stereocenters. The van der Waals surface area contributed by atoms with Crippen LogP contribution < -0.4 is 24.7 Å². The van der Waals surface area contributed by atoms with E-state index in [9.17, 15) is 9.59 Å². The normalized spacial score (nSPS) is 11.2. The lowest BCUT2D eigenvalue weighted by atomic mass is 10.1. The van der Waals surface area contributed by atoms with E-state index in [1.807, 2.05) is 60.7 Å². The van der Waals surface area contributed by atoms with Crippen molar-refractivity contribution in [3.8, 4) is 69.1 Å². The minimum atomic E-state index is -0.835. The van der Waals surface area contributed by atoms with Crippen molar-refractivity contribution in [3.05, 3.63) is 106 Å². The van der Waals surface area contributed by atoms with Gasteiger partial charge in [-0.2, -0.15) is 19.9 Å². The molecule has 2 N–H and O–H groups in total. The molecule has 0 fully saturated rings. The highest BCUT2D eigenvalue weighted by Crippen LogP contribution is 2.32. The summed E-state index contributed by atoms with van der Waals surface area (Å²) in [6.07, 6.45) is -1.67. The molecule has 0 radical (unpaired) electrons. The van der Waals surface area contributed by atoms with Crippen molar-refractivity contribution in [3.63, 3.8) is 0 Å². The van der Waals surface area contributed by atoms with Crippen LogP contribution in [0.3, 0.4) is 0 Å². The maximum Gasteiger partial charge on any atom is 0.420 e. The van der Waals surface area contributed by atoms with Crippen molar-refractivity contribution in [2.75, 3.05) is 27.4 Å². The van der Waals surface area contributed by atoms with Crippen LogP contribution in [0.25, 0.3) is 45.6 Å². The fraction of sp³-hybridized carbons (Fsp3) is 0.385. The quantitative estimate of drug-likeness (QED) is 0.102. The second kappa shape index (κ2) is 25.7. The van der Waals surface area contributed by atoms with E-state index in [1.54, 1.807) is 65.8 Å². The van der Waals surface area contributed by atoms with Crippen LogP contribution >= 0.6 is 35.6 Å². The molecule has 2 amide bonds. The summed E-state index contributed by atoms with van der Waals surface area (Å²) in [6, 6.07) is 25.9. The van der Waals surface area contributed by atoms with Gasteiger partial charge in [-0.15, -0.1) is 12.4 Å². The number of aromatic nitrogens is 6. The SMILES string of the molecule is COc1nc(-c2ccc(OCC(C)C)cc2)nc(-c2cc(CN(C(=O)OC(C)(C)C)C(=O)OC(C)(C)C)ccc2Cl)n1.COc1nc(-c2ccc(OCC(C)C)cc2)nc(-c2cc(CN)ccc2Cl)n1.Cl. The van der Waals surface area contributed by atoms with E-state index < -0.39 is 23.4 Å². The molecule has 4 aromatic carbocycles. The first-order chi connectivity index (χ1) is 33.0. The van der Waals surface area contributed by atoms with Crippen molar-refractivity contribution in [1.29, 1.82) is 0 Å². The molecule has 16 nitrogen and oxygen atoms in total. The van der Waals surface area contributed by atoms with Crippen molar-refractivity contribution in [2.24, 2.45) is 17.6 Å². The van der Waals surface area contributed by atoms with Crippen LogP contribution in [0.1, 0.15) is 80.4 Å². The summed E-state index contributed by atoms with van der Waals surface area (Å²) in [5, 5.41) is 0.894. The first-order valence-corrected chi connectivity index (χ1v) is 23.4. The van der Waals surface area contributed by atoms with Gasteiger partial charge in [-0.25, -0.2) is 24.5 Å². The smallest absolute Gasteiger partial charge is 0.420 e. The number of amides is 2. The van der Waals surface area contributed by atoms with E-state index in [2.05, 4.69) is 57.6 Å². The predicted octanol–water partition coefficient (Wildman–Crippen LogP) is 12.4. The molecule has 0 bridgehead atoms. The summed E-state index contributed by atoms with van der Waals surface area (Å²) >= 11 is 13.0. The van der Waals surface area contributed by atoms with Gasteiger partial charge in [-0.3, -0.25) is 0 Å². The minimum absolute atomic E-state index is 0. The molecule has 0 saturated heterocycles. The van der Waals surface area contributed by atoms with Crippen LogP contribution in [-0.2, 0) is 22.6 Å². The van der Waals surface area contributed by atoms with Gasteiger partial charge in [-0.1, -0.05) is 63.0 Å². The van der Waals surface area contributed by atoms with Gasteiger partial charge in [0.15, 0.2) is 23.3 Å². The molecular formula is C52H63Cl3N8O8. The standard InChI is InChI=1S/C31H39ClN4O6.C21H23ClN4O2.ClH/c1-19(2)18-40-22-13-11-21(12-14-22)25-33-26(35-27(34-25)39-9)23-16-20(10-15-24(23)32)17-36(28(37)41-30(3,4)5)29(38)42-31(6,7)8;1-13(2)12-28-16-7-5-15(6-8-16)19-24-20(26-21(25-19)27-3)17-10-14(11-23)4-9-18(17)22;/h10-16,19H,17-18H2,1-9H3;4-10,13H,11-12,23H2,1-3H3;1H. The fourth-order valence-electron chi connectivity index (χ4n) is 6.05. The van der Waals surface area contributed by atoms with Crippen molar-refractivity contribution >= 4 is 47.8 Å². The Morgan fingerprint density at radius 3 is 1.28 bits per heavy atom. The number of carbonyl (C=O) groups is 2. The number of hydrogen-bond donors (Lipinski definition) is 1. The van der Waals surface area contributed by atoms with Gasteiger partial charge in [0.1, 0.15) is 22.7 Å². The van der Waals surface area contributed by atoms with Crippen LogP contribution in [0, 0.1) is 11.8 Å². The van der Waals surface area contributed by atoms with Crippen molar-refractivity contribution in [1.82, 2.24) is 34.8 Å². The van der Waals surface area contributed by atoms with Gasteiger partial charge in [0.2, 0.25) is 0 Å². The summed E-state index contributed by atoms with van der Waals surface area (Å²) in [5.41, 5.74) is 8.30. The third kappa shape index (κ3) is 17.5. The lowest BCUT2D eigenvalue weighted by molar-refractivity contribution is -0.000266. The Morgan fingerprint density at radius 2 is 0.930 bits per heavy atom. The van der Waals surface area contributed by atoms with Crippen LogP contribution in [0.15, 0.2) is 84.9 Å². The van der Waals surface area contributed by atoms with Gasteiger partial charge in [0, 0.05) is 28.8 Å². The van der Waals surface area contributed by atoms with E-state index in [-0.39, 0.29) is 36.8 Å². The number of carbonyl (C=O) groups excluding carboxylic acids is 2. The molecule has 2 heterocycles. The number of ether oxygens (including phenoxy) is 6. The Balaban J connectivity index is 0.000000328. The molecule has 6 rings (SSSR count). The van der Waals surface area contributed by atoms with Crippen LogP contribution in [-0.4, -0.2) is 85.6 Å². The number of hydrogen-bond acceptors (Lipinski definition) is 15. The second-order valence-electron chi connectivity index (χ2n) is 18.8. The summed E-state index contributed by atoms with van der Waals surface area (Å²) in [6.45, 7) is 20.2. The fourth-order valence-corrected chi connectivity index (χ4v) is 6.46. The number of rotatable bonds is 15. The maximum absolute atomic E-state index is 13.0. The zero-order valence-corrected chi connectivity index (χ0v) is 44.5. The first-order valence-electron chi connectivity index (χ1n) is 22.6. The predicted molar refractivity (Wildman–Crippen MR) is 278 cm³/mol.